The molecule has 0 radical (unpaired) electrons. The molecule has 4 unspecified atom stereocenters. The highest BCUT2D eigenvalue weighted by molar-refractivity contribution is 7.99. The zero-order valence-corrected chi connectivity index (χ0v) is 22.7. The first-order valence-electron chi connectivity index (χ1n) is 13.4. The number of rotatable bonds is 7. The van der Waals surface area contributed by atoms with Crippen molar-refractivity contribution in [2.24, 2.45) is 17.8 Å². The van der Waals surface area contributed by atoms with E-state index in [1.165, 1.54) is 12.1 Å². The lowest BCUT2D eigenvalue weighted by atomic mass is 9.89. The van der Waals surface area contributed by atoms with Gasteiger partial charge in [0.1, 0.15) is 0 Å². The van der Waals surface area contributed by atoms with Crippen LogP contribution in [0, 0.1) is 29.4 Å². The Morgan fingerprint density at radius 2 is 1.64 bits per heavy atom. The van der Waals surface area contributed by atoms with E-state index in [4.69, 9.17) is 4.74 Å². The molecule has 1 aromatic heterocycles. The Kier molecular flexibility index (Phi) is 9.26. The number of ether oxygens (including phenoxy) is 1. The first kappa shape index (κ1) is 26.9. The van der Waals surface area contributed by atoms with Gasteiger partial charge in [-0.2, -0.15) is 11.8 Å². The molecule has 1 aliphatic heterocycles. The van der Waals surface area contributed by atoms with Gasteiger partial charge in [0.05, 0.1) is 6.61 Å². The third kappa shape index (κ3) is 6.04. The van der Waals surface area contributed by atoms with E-state index in [9.17, 15) is 8.78 Å². The van der Waals surface area contributed by atoms with E-state index >= 15 is 0 Å². The molecule has 0 bridgehead atoms. The molecular formula is C29H39F2N3OS. The van der Waals surface area contributed by atoms with Crippen LogP contribution in [0.15, 0.2) is 36.7 Å². The predicted molar refractivity (Wildman–Crippen MR) is 145 cm³/mol. The van der Waals surface area contributed by atoms with Crippen molar-refractivity contribution < 1.29 is 13.5 Å². The Bertz CT molecular complexity index is 995. The number of fused-ring (bicyclic) bond motifs is 1. The average molecular weight is 516 g/mol. The van der Waals surface area contributed by atoms with Crippen LogP contribution in [0.3, 0.4) is 0 Å². The second kappa shape index (κ2) is 12.4. The number of halogens is 2. The van der Waals surface area contributed by atoms with Crippen LogP contribution in [-0.2, 0) is 6.42 Å². The minimum Gasteiger partial charge on any atom is -0.487 e. The monoisotopic (exact) mass is 515 g/mol. The molecule has 2 aromatic rings. The summed E-state index contributed by atoms with van der Waals surface area (Å²) in [5.41, 5.74) is 1.84. The number of aromatic nitrogens is 2. The Hall–Kier alpha value is -2.15. The second-order valence-electron chi connectivity index (χ2n) is 9.98. The van der Waals surface area contributed by atoms with E-state index < -0.39 is 11.6 Å². The summed E-state index contributed by atoms with van der Waals surface area (Å²) in [7, 11) is 0. The largest absolute Gasteiger partial charge is 0.487 e. The Morgan fingerprint density at radius 1 is 1.00 bits per heavy atom. The highest BCUT2D eigenvalue weighted by atomic mass is 32.2. The lowest BCUT2D eigenvalue weighted by Crippen LogP contribution is -2.24. The fourth-order valence-electron chi connectivity index (χ4n) is 5.82. The summed E-state index contributed by atoms with van der Waals surface area (Å²) in [4.78, 5) is 11.3. The van der Waals surface area contributed by atoms with E-state index in [2.05, 4.69) is 40.2 Å². The van der Waals surface area contributed by atoms with E-state index in [-0.39, 0.29) is 11.7 Å². The molecule has 0 N–H and O–H groups in total. The third-order valence-corrected chi connectivity index (χ3v) is 8.76. The standard InChI is InChI=1S/C27H33F2N3OS.C2H6/c1-3-17-12-30-27(31-13-17)32-14-21-8-18(9-22(21)15-32)16-33-26-24(28)10-20(11-25(26)29)19-4-6-23(34-2)7-5-19;1-2/h4,6,10-13,18-19,21-23H,3,5,7-9,14-16H2,1-2H3;1-2H3/t18?,19?,21-,22?,23?;/m1./s1. The smallest absolute Gasteiger partial charge is 0.225 e. The summed E-state index contributed by atoms with van der Waals surface area (Å²) in [5, 5.41) is 0.501. The summed E-state index contributed by atoms with van der Waals surface area (Å²) in [6.07, 6.45) is 15.1. The van der Waals surface area contributed by atoms with E-state index in [0.29, 0.717) is 35.2 Å². The molecule has 2 heterocycles. The third-order valence-electron chi connectivity index (χ3n) is 7.77. The molecule has 4 nitrogen and oxygen atoms in total. The average Bonchev–Trinajstić information content (AvgIpc) is 3.48. The fraction of sp³-hybridized carbons (Fsp3) is 0.586. The maximum Gasteiger partial charge on any atom is 0.225 e. The number of thioether (sulfide) groups is 1. The number of benzene rings is 1. The number of hydrogen-bond donors (Lipinski definition) is 0. The molecule has 3 aliphatic rings. The lowest BCUT2D eigenvalue weighted by Gasteiger charge is -2.23. The van der Waals surface area contributed by atoms with Crippen LogP contribution in [0.4, 0.5) is 14.7 Å². The number of allylic oxidation sites excluding steroid dienone is 1. The minimum absolute atomic E-state index is 0.0701. The van der Waals surface area contributed by atoms with E-state index in [0.717, 1.165) is 56.7 Å². The normalized spacial score (nSPS) is 26.9. The first-order valence-corrected chi connectivity index (χ1v) is 14.7. The quantitative estimate of drug-likeness (QED) is 0.370. The van der Waals surface area contributed by atoms with Gasteiger partial charge in [-0.15, -0.1) is 0 Å². The number of anilines is 1. The molecule has 2 aliphatic carbocycles. The summed E-state index contributed by atoms with van der Waals surface area (Å²) in [6, 6.07) is 2.91. The lowest BCUT2D eigenvalue weighted by molar-refractivity contribution is 0.226. The van der Waals surface area contributed by atoms with Gasteiger partial charge in [0.25, 0.3) is 0 Å². The van der Waals surface area contributed by atoms with Crippen LogP contribution in [-0.4, -0.2) is 41.2 Å². The maximum atomic E-state index is 14.8. The van der Waals surface area contributed by atoms with Crippen LogP contribution < -0.4 is 9.64 Å². The molecule has 7 heteroatoms. The zero-order valence-electron chi connectivity index (χ0n) is 21.9. The van der Waals surface area contributed by atoms with Crippen molar-refractivity contribution in [1.29, 1.82) is 0 Å². The zero-order chi connectivity index (χ0) is 25.7. The molecule has 0 amide bonds. The highest BCUT2D eigenvalue weighted by Crippen LogP contribution is 2.43. The molecule has 2 fully saturated rings. The van der Waals surface area contributed by atoms with Gasteiger partial charge in [-0.25, -0.2) is 18.7 Å². The van der Waals surface area contributed by atoms with E-state index in [1.807, 2.05) is 38.0 Å². The van der Waals surface area contributed by atoms with Crippen molar-refractivity contribution >= 4 is 17.7 Å². The molecule has 1 saturated heterocycles. The van der Waals surface area contributed by atoms with Gasteiger partial charge in [-0.05, 0) is 79.4 Å². The minimum atomic E-state index is -0.590. The summed E-state index contributed by atoms with van der Waals surface area (Å²) in [6.45, 7) is 8.34. The van der Waals surface area contributed by atoms with Crippen molar-refractivity contribution in [3.05, 3.63) is 59.4 Å². The summed E-state index contributed by atoms with van der Waals surface area (Å²) < 4.78 is 35.3. The number of nitrogens with zero attached hydrogens (tertiary/aromatic N) is 3. The van der Waals surface area contributed by atoms with Crippen molar-refractivity contribution in [1.82, 2.24) is 9.97 Å². The molecule has 196 valence electrons. The van der Waals surface area contributed by atoms with Crippen LogP contribution in [0.25, 0.3) is 0 Å². The van der Waals surface area contributed by atoms with Crippen LogP contribution in [0.5, 0.6) is 5.75 Å². The van der Waals surface area contributed by atoms with Crippen molar-refractivity contribution in [3.8, 4) is 5.75 Å². The Morgan fingerprint density at radius 3 is 2.17 bits per heavy atom. The van der Waals surface area contributed by atoms with Crippen LogP contribution in [0.2, 0.25) is 0 Å². The maximum absolute atomic E-state index is 14.8. The van der Waals surface area contributed by atoms with Crippen molar-refractivity contribution in [2.75, 3.05) is 30.9 Å². The topological polar surface area (TPSA) is 38.2 Å². The summed E-state index contributed by atoms with van der Waals surface area (Å²) in [5.74, 6) is 0.907. The molecule has 5 atom stereocenters. The number of aryl methyl sites for hydroxylation is 1. The van der Waals surface area contributed by atoms with Crippen molar-refractivity contribution in [3.63, 3.8) is 0 Å². The predicted octanol–water partition coefficient (Wildman–Crippen LogP) is 7.05. The Labute approximate surface area is 218 Å². The van der Waals surface area contributed by atoms with Gasteiger partial charge in [-0.1, -0.05) is 32.9 Å². The number of hydrogen-bond acceptors (Lipinski definition) is 5. The van der Waals surface area contributed by atoms with Gasteiger partial charge < -0.3 is 9.64 Å². The van der Waals surface area contributed by atoms with Gasteiger partial charge in [0.2, 0.25) is 5.95 Å². The van der Waals surface area contributed by atoms with Crippen LogP contribution in [0.1, 0.15) is 63.5 Å². The van der Waals surface area contributed by atoms with E-state index in [1.54, 1.807) is 0 Å². The molecule has 36 heavy (non-hydrogen) atoms. The van der Waals surface area contributed by atoms with Gasteiger partial charge in [0.15, 0.2) is 17.4 Å². The second-order valence-corrected chi connectivity index (χ2v) is 11.1. The molecule has 1 aromatic carbocycles. The Balaban J connectivity index is 0.00000148. The fourth-order valence-corrected chi connectivity index (χ4v) is 6.44. The van der Waals surface area contributed by atoms with Gasteiger partial charge in [-0.3, -0.25) is 0 Å². The molecular weight excluding hydrogens is 476 g/mol. The van der Waals surface area contributed by atoms with Crippen molar-refractivity contribution in [2.45, 2.75) is 64.0 Å². The van der Waals surface area contributed by atoms with Crippen LogP contribution >= 0.6 is 11.8 Å². The van der Waals surface area contributed by atoms with Gasteiger partial charge >= 0.3 is 0 Å². The highest BCUT2D eigenvalue weighted by Gasteiger charge is 2.42. The first-order chi connectivity index (χ1) is 17.5. The molecule has 1 saturated carbocycles. The van der Waals surface area contributed by atoms with Gasteiger partial charge in [0, 0.05) is 36.7 Å². The summed E-state index contributed by atoms with van der Waals surface area (Å²) >= 11 is 1.81. The molecule has 5 rings (SSSR count). The molecule has 0 spiro atoms. The SMILES string of the molecule is CC.CCc1cnc(N2CC3CC(COc4c(F)cc(C5C=CC(SC)CC5)cc4F)C[C@@H]3C2)nc1.